The van der Waals surface area contributed by atoms with E-state index in [1.165, 1.54) is 15.6 Å². The van der Waals surface area contributed by atoms with Crippen LogP contribution in [0, 0.1) is 0 Å². The molecule has 9 heteroatoms. The molecule has 4 rings (SSSR count). The molecule has 156 valence electrons. The van der Waals surface area contributed by atoms with Crippen LogP contribution in [-0.2, 0) is 10.0 Å². The highest BCUT2D eigenvalue weighted by Gasteiger charge is 2.32. The molecular formula is C21H21N3O4S2. The standard InChI is InChI=1S/C21H21N3O4S2/c25-20(23-26)19-18(15-7-3-1-4-8-15)22-21(29-19)16-11-13-24(14-12-16)30(27,28)17-9-5-2-6-10-17/h1-10,16,26H,11-14H2,(H,23,25). The van der Waals surface area contributed by atoms with Gasteiger partial charge in [-0.15, -0.1) is 11.3 Å². The molecule has 0 saturated carbocycles. The summed E-state index contributed by atoms with van der Waals surface area (Å²) in [5, 5.41) is 9.90. The third-order valence-corrected chi connectivity index (χ3v) is 8.31. The second-order valence-electron chi connectivity index (χ2n) is 7.03. The number of carbonyl (C=O) groups is 1. The largest absolute Gasteiger partial charge is 0.288 e. The maximum absolute atomic E-state index is 12.8. The lowest BCUT2D eigenvalue weighted by atomic mass is 9.99. The topological polar surface area (TPSA) is 99.6 Å². The number of hydrogen-bond acceptors (Lipinski definition) is 6. The highest BCUT2D eigenvalue weighted by atomic mass is 32.2. The van der Waals surface area contributed by atoms with E-state index in [9.17, 15) is 13.2 Å². The molecule has 1 saturated heterocycles. The third kappa shape index (κ3) is 4.01. The molecule has 3 aromatic rings. The number of benzene rings is 2. The van der Waals surface area contributed by atoms with Crippen LogP contribution in [0.3, 0.4) is 0 Å². The van der Waals surface area contributed by atoms with Crippen molar-refractivity contribution in [3.05, 3.63) is 70.5 Å². The fourth-order valence-corrected chi connectivity index (χ4v) is 6.23. The van der Waals surface area contributed by atoms with Crippen LogP contribution < -0.4 is 5.48 Å². The summed E-state index contributed by atoms with van der Waals surface area (Å²) >= 11 is 1.25. The first-order chi connectivity index (χ1) is 14.5. The average Bonchev–Trinajstić information content (AvgIpc) is 3.25. The molecule has 2 aromatic carbocycles. The Balaban J connectivity index is 1.55. The first kappa shape index (κ1) is 20.7. The summed E-state index contributed by atoms with van der Waals surface area (Å²) in [7, 11) is -3.51. The zero-order valence-electron chi connectivity index (χ0n) is 16.1. The molecule has 2 N–H and O–H groups in total. The smallest absolute Gasteiger partial charge is 0.287 e. The van der Waals surface area contributed by atoms with Crippen molar-refractivity contribution in [1.29, 1.82) is 0 Å². The number of thiazole rings is 1. The van der Waals surface area contributed by atoms with Crippen LogP contribution >= 0.6 is 11.3 Å². The predicted molar refractivity (Wildman–Crippen MR) is 114 cm³/mol. The van der Waals surface area contributed by atoms with E-state index in [-0.39, 0.29) is 5.92 Å². The highest BCUT2D eigenvalue weighted by molar-refractivity contribution is 7.89. The van der Waals surface area contributed by atoms with Crippen molar-refractivity contribution in [1.82, 2.24) is 14.8 Å². The van der Waals surface area contributed by atoms with E-state index in [1.54, 1.807) is 35.8 Å². The van der Waals surface area contributed by atoms with Crippen molar-refractivity contribution in [2.24, 2.45) is 0 Å². The van der Waals surface area contributed by atoms with Crippen LogP contribution in [0.1, 0.15) is 33.4 Å². The minimum atomic E-state index is -3.51. The lowest BCUT2D eigenvalue weighted by Crippen LogP contribution is -2.37. The van der Waals surface area contributed by atoms with E-state index in [2.05, 4.69) is 0 Å². The van der Waals surface area contributed by atoms with Gasteiger partial charge in [-0.05, 0) is 25.0 Å². The lowest BCUT2D eigenvalue weighted by molar-refractivity contribution is 0.0711. The fourth-order valence-electron chi connectivity index (χ4n) is 3.59. The Morgan fingerprint density at radius 3 is 2.23 bits per heavy atom. The summed E-state index contributed by atoms with van der Waals surface area (Å²) < 4.78 is 27.2. The van der Waals surface area contributed by atoms with Gasteiger partial charge in [0.05, 0.1) is 15.6 Å². The number of amides is 1. The van der Waals surface area contributed by atoms with E-state index in [4.69, 9.17) is 10.2 Å². The third-order valence-electron chi connectivity index (χ3n) is 5.18. The summed E-state index contributed by atoms with van der Waals surface area (Å²) in [6.07, 6.45) is 1.24. The van der Waals surface area contributed by atoms with Gasteiger partial charge in [-0.25, -0.2) is 18.9 Å². The Bertz CT molecular complexity index is 1120. The summed E-state index contributed by atoms with van der Waals surface area (Å²) in [6.45, 7) is 0.785. The number of hydrogen-bond donors (Lipinski definition) is 2. The van der Waals surface area contributed by atoms with Crippen molar-refractivity contribution in [2.75, 3.05) is 13.1 Å². The predicted octanol–water partition coefficient (Wildman–Crippen LogP) is 3.50. The monoisotopic (exact) mass is 443 g/mol. The minimum Gasteiger partial charge on any atom is -0.288 e. The summed E-state index contributed by atoms with van der Waals surface area (Å²) in [5.74, 6) is -0.540. The molecule has 7 nitrogen and oxygen atoms in total. The second-order valence-corrected chi connectivity index (χ2v) is 10.00. The van der Waals surface area contributed by atoms with Crippen LogP contribution in [0.4, 0.5) is 0 Å². The van der Waals surface area contributed by atoms with Crippen molar-refractivity contribution >= 4 is 27.3 Å². The highest BCUT2D eigenvalue weighted by Crippen LogP contribution is 2.37. The Labute approximate surface area is 179 Å². The average molecular weight is 444 g/mol. The summed E-state index contributed by atoms with van der Waals surface area (Å²) in [5.41, 5.74) is 3.02. The van der Waals surface area contributed by atoms with Gasteiger partial charge in [-0.1, -0.05) is 48.5 Å². The maximum Gasteiger partial charge on any atom is 0.287 e. The molecule has 0 radical (unpaired) electrons. The van der Waals surface area contributed by atoms with E-state index < -0.39 is 15.9 Å². The number of nitrogens with zero attached hydrogens (tertiary/aromatic N) is 2. The summed E-state index contributed by atoms with van der Waals surface area (Å²) in [4.78, 5) is 17.5. The number of nitrogens with one attached hydrogen (secondary N) is 1. The zero-order valence-corrected chi connectivity index (χ0v) is 17.7. The number of aromatic nitrogens is 1. The molecule has 1 fully saturated rings. The van der Waals surface area contributed by atoms with E-state index in [1.807, 2.05) is 30.3 Å². The first-order valence-corrected chi connectivity index (χ1v) is 11.8. The first-order valence-electron chi connectivity index (χ1n) is 9.56. The fraction of sp³-hybridized carbons (Fsp3) is 0.238. The minimum absolute atomic E-state index is 0.0555. The van der Waals surface area contributed by atoms with Gasteiger partial charge >= 0.3 is 0 Å². The molecular weight excluding hydrogens is 422 g/mol. The van der Waals surface area contributed by atoms with Gasteiger partial charge in [0, 0.05) is 24.6 Å². The molecule has 0 atom stereocenters. The number of rotatable bonds is 5. The van der Waals surface area contributed by atoms with Crippen molar-refractivity contribution in [3.63, 3.8) is 0 Å². The van der Waals surface area contributed by atoms with Gasteiger partial charge in [-0.2, -0.15) is 4.31 Å². The molecule has 1 amide bonds. The normalized spacial score (nSPS) is 15.8. The van der Waals surface area contributed by atoms with E-state index in [0.717, 1.165) is 10.6 Å². The van der Waals surface area contributed by atoms with Crippen LogP contribution in [-0.4, -0.2) is 41.9 Å². The van der Waals surface area contributed by atoms with Crippen molar-refractivity contribution in [2.45, 2.75) is 23.7 Å². The number of sulfonamides is 1. The Morgan fingerprint density at radius 2 is 1.63 bits per heavy atom. The number of carbonyl (C=O) groups excluding carboxylic acids is 1. The molecule has 1 aliphatic rings. The van der Waals surface area contributed by atoms with Crippen LogP contribution in [0.5, 0.6) is 0 Å². The van der Waals surface area contributed by atoms with Crippen molar-refractivity contribution < 1.29 is 18.4 Å². The van der Waals surface area contributed by atoms with Crippen LogP contribution in [0.25, 0.3) is 11.3 Å². The number of piperidine rings is 1. The molecule has 0 spiro atoms. The molecule has 0 aliphatic carbocycles. The Kier molecular flexibility index (Phi) is 5.96. The van der Waals surface area contributed by atoms with Gasteiger partial charge in [0.1, 0.15) is 4.88 Å². The maximum atomic E-state index is 12.8. The van der Waals surface area contributed by atoms with E-state index >= 15 is 0 Å². The molecule has 1 aliphatic heterocycles. The molecule has 1 aromatic heterocycles. The van der Waals surface area contributed by atoms with Gasteiger partial charge < -0.3 is 0 Å². The lowest BCUT2D eigenvalue weighted by Gasteiger charge is -2.30. The molecule has 0 unspecified atom stereocenters. The van der Waals surface area contributed by atoms with Crippen molar-refractivity contribution in [3.8, 4) is 11.3 Å². The van der Waals surface area contributed by atoms with E-state index in [0.29, 0.717) is 41.4 Å². The zero-order chi connectivity index (χ0) is 21.1. The Morgan fingerprint density at radius 1 is 1.03 bits per heavy atom. The number of hydroxylamine groups is 1. The van der Waals surface area contributed by atoms with Gasteiger partial charge in [-0.3, -0.25) is 10.0 Å². The van der Waals surface area contributed by atoms with Gasteiger partial charge in [0.25, 0.3) is 5.91 Å². The molecule has 2 heterocycles. The van der Waals surface area contributed by atoms with Gasteiger partial charge in [0.2, 0.25) is 10.0 Å². The quantitative estimate of drug-likeness (QED) is 0.464. The molecule has 0 bridgehead atoms. The van der Waals surface area contributed by atoms with Crippen LogP contribution in [0.15, 0.2) is 65.6 Å². The van der Waals surface area contributed by atoms with Gasteiger partial charge in [0.15, 0.2) is 0 Å². The van der Waals surface area contributed by atoms with Crippen LogP contribution in [0.2, 0.25) is 0 Å². The second kappa shape index (κ2) is 8.65. The molecule has 30 heavy (non-hydrogen) atoms. The SMILES string of the molecule is O=C(NO)c1sc(C2CCN(S(=O)(=O)c3ccccc3)CC2)nc1-c1ccccc1. The Hall–Kier alpha value is -2.59. The summed E-state index contributed by atoms with van der Waals surface area (Å²) in [6, 6.07) is 17.8.